The molecule has 0 unspecified atom stereocenters. The molecule has 6 heteroatoms. The number of aromatic hydroxyl groups is 1. The fourth-order valence-corrected chi connectivity index (χ4v) is 1.16. The number of nitrogens with zero attached hydrogens (tertiary/aromatic N) is 1. The third-order valence-corrected chi connectivity index (χ3v) is 1.96. The lowest BCUT2D eigenvalue weighted by Gasteiger charge is -2.06. The SMILES string of the molecule is COc1nc(C(F)F)cc(Br)c1O. The third-order valence-electron chi connectivity index (χ3n) is 1.35. The summed E-state index contributed by atoms with van der Waals surface area (Å²) in [6.45, 7) is 0. The van der Waals surface area contributed by atoms with Crippen LogP contribution in [0.4, 0.5) is 8.78 Å². The van der Waals surface area contributed by atoms with Crippen LogP contribution in [0.3, 0.4) is 0 Å². The van der Waals surface area contributed by atoms with Gasteiger partial charge in [0, 0.05) is 0 Å². The number of ether oxygens (including phenoxy) is 1. The molecule has 0 amide bonds. The Morgan fingerprint density at radius 1 is 1.62 bits per heavy atom. The minimum atomic E-state index is -2.69. The van der Waals surface area contributed by atoms with Gasteiger partial charge in [0.2, 0.25) is 0 Å². The number of rotatable bonds is 2. The molecular weight excluding hydrogens is 248 g/mol. The van der Waals surface area contributed by atoms with Crippen molar-refractivity contribution in [1.82, 2.24) is 4.98 Å². The van der Waals surface area contributed by atoms with Crippen molar-refractivity contribution in [1.29, 1.82) is 0 Å². The standard InChI is InChI=1S/C7H6BrF2NO2/c1-13-7-5(12)3(8)2-4(11-7)6(9)10/h2,6,12H,1H3. The van der Waals surface area contributed by atoms with E-state index in [0.717, 1.165) is 6.07 Å². The minimum absolute atomic E-state index is 0.134. The Labute approximate surface area is 81.5 Å². The molecule has 1 rings (SSSR count). The molecule has 0 aliphatic heterocycles. The minimum Gasteiger partial charge on any atom is -0.502 e. The lowest BCUT2D eigenvalue weighted by molar-refractivity contribution is 0.144. The molecule has 3 nitrogen and oxygen atoms in total. The summed E-state index contributed by atoms with van der Waals surface area (Å²) in [4.78, 5) is 3.40. The molecule has 0 saturated carbocycles. The van der Waals surface area contributed by atoms with Crippen LogP contribution in [0.1, 0.15) is 12.1 Å². The predicted octanol–water partition coefficient (Wildman–Crippen LogP) is 2.50. The first-order valence-electron chi connectivity index (χ1n) is 3.27. The van der Waals surface area contributed by atoms with Crippen LogP contribution in [0.15, 0.2) is 10.5 Å². The van der Waals surface area contributed by atoms with E-state index >= 15 is 0 Å². The summed E-state index contributed by atoms with van der Waals surface area (Å²) >= 11 is 2.90. The Kier molecular flexibility index (Phi) is 3.02. The van der Waals surface area contributed by atoms with E-state index in [1.54, 1.807) is 0 Å². The zero-order valence-corrected chi connectivity index (χ0v) is 8.18. The molecule has 0 fully saturated rings. The average Bonchev–Trinajstić information content (AvgIpc) is 2.09. The van der Waals surface area contributed by atoms with Crippen LogP contribution in [0.25, 0.3) is 0 Å². The zero-order chi connectivity index (χ0) is 10.0. The smallest absolute Gasteiger partial charge is 0.280 e. The van der Waals surface area contributed by atoms with Crippen molar-refractivity contribution in [2.75, 3.05) is 7.11 Å². The molecule has 0 bridgehead atoms. The molecule has 0 aromatic carbocycles. The van der Waals surface area contributed by atoms with Crippen LogP contribution in [-0.4, -0.2) is 17.2 Å². The number of halogens is 3. The summed E-state index contributed by atoms with van der Waals surface area (Å²) in [5.41, 5.74) is -0.443. The first kappa shape index (κ1) is 10.2. The predicted molar refractivity (Wildman–Crippen MR) is 45.1 cm³/mol. The normalized spacial score (nSPS) is 10.5. The van der Waals surface area contributed by atoms with Gasteiger partial charge in [-0.3, -0.25) is 0 Å². The van der Waals surface area contributed by atoms with E-state index < -0.39 is 12.1 Å². The molecule has 0 aliphatic rings. The molecule has 13 heavy (non-hydrogen) atoms. The maximum Gasteiger partial charge on any atom is 0.280 e. The molecule has 0 radical (unpaired) electrons. The molecule has 0 atom stereocenters. The third kappa shape index (κ3) is 2.06. The highest BCUT2D eigenvalue weighted by atomic mass is 79.9. The molecule has 0 saturated heterocycles. The quantitative estimate of drug-likeness (QED) is 0.881. The number of methoxy groups -OCH3 is 1. The second-order valence-corrected chi connectivity index (χ2v) is 3.04. The number of hydrogen-bond donors (Lipinski definition) is 1. The number of hydrogen-bond acceptors (Lipinski definition) is 3. The molecule has 1 aromatic rings. The lowest BCUT2D eigenvalue weighted by atomic mass is 10.3. The Morgan fingerprint density at radius 3 is 2.69 bits per heavy atom. The molecule has 1 N–H and O–H groups in total. The second kappa shape index (κ2) is 3.87. The molecule has 0 spiro atoms. The van der Waals surface area contributed by atoms with Crippen LogP contribution in [0, 0.1) is 0 Å². The van der Waals surface area contributed by atoms with Gasteiger partial charge in [-0.05, 0) is 22.0 Å². The maximum atomic E-state index is 12.2. The van der Waals surface area contributed by atoms with E-state index in [0.29, 0.717) is 0 Å². The fraction of sp³-hybridized carbons (Fsp3) is 0.286. The van der Waals surface area contributed by atoms with Crippen molar-refractivity contribution in [3.8, 4) is 11.6 Å². The maximum absolute atomic E-state index is 12.2. The van der Waals surface area contributed by atoms with E-state index in [-0.39, 0.29) is 16.1 Å². The van der Waals surface area contributed by atoms with Crippen LogP contribution >= 0.6 is 15.9 Å². The van der Waals surface area contributed by atoms with Gasteiger partial charge in [0.25, 0.3) is 12.3 Å². The number of aromatic nitrogens is 1. The summed E-state index contributed by atoms with van der Waals surface area (Å²) in [6, 6.07) is 1.04. The lowest BCUT2D eigenvalue weighted by Crippen LogP contribution is -1.95. The van der Waals surface area contributed by atoms with Crippen LogP contribution < -0.4 is 4.74 Å². The van der Waals surface area contributed by atoms with Crippen molar-refractivity contribution in [3.05, 3.63) is 16.2 Å². The van der Waals surface area contributed by atoms with Crippen LogP contribution in [0.5, 0.6) is 11.6 Å². The Morgan fingerprint density at radius 2 is 2.23 bits per heavy atom. The van der Waals surface area contributed by atoms with Crippen LogP contribution in [0.2, 0.25) is 0 Å². The van der Waals surface area contributed by atoms with E-state index in [1.165, 1.54) is 7.11 Å². The average molecular weight is 254 g/mol. The van der Waals surface area contributed by atoms with E-state index in [9.17, 15) is 13.9 Å². The first-order chi connectivity index (χ1) is 6.06. The van der Waals surface area contributed by atoms with Crippen LogP contribution in [-0.2, 0) is 0 Å². The summed E-state index contributed by atoms with van der Waals surface area (Å²) < 4.78 is 29.1. The monoisotopic (exact) mass is 253 g/mol. The van der Waals surface area contributed by atoms with Gasteiger partial charge in [0.15, 0.2) is 5.75 Å². The fourth-order valence-electron chi connectivity index (χ4n) is 0.757. The summed E-state index contributed by atoms with van der Waals surface area (Å²) in [5.74, 6) is -0.503. The van der Waals surface area contributed by atoms with E-state index in [2.05, 4.69) is 25.7 Å². The highest BCUT2D eigenvalue weighted by Crippen LogP contribution is 2.34. The second-order valence-electron chi connectivity index (χ2n) is 2.19. The molecule has 1 heterocycles. The number of alkyl halides is 2. The van der Waals surface area contributed by atoms with Gasteiger partial charge in [-0.25, -0.2) is 13.8 Å². The van der Waals surface area contributed by atoms with Crippen molar-refractivity contribution in [2.24, 2.45) is 0 Å². The Hall–Kier alpha value is -0.910. The topological polar surface area (TPSA) is 42.4 Å². The molecular formula is C7H6BrF2NO2. The summed E-state index contributed by atoms with van der Waals surface area (Å²) in [7, 11) is 1.24. The summed E-state index contributed by atoms with van der Waals surface area (Å²) in [6.07, 6.45) is -2.69. The largest absolute Gasteiger partial charge is 0.502 e. The highest BCUT2D eigenvalue weighted by molar-refractivity contribution is 9.10. The van der Waals surface area contributed by atoms with E-state index in [1.807, 2.05) is 0 Å². The van der Waals surface area contributed by atoms with Gasteiger partial charge in [-0.2, -0.15) is 0 Å². The van der Waals surface area contributed by atoms with Gasteiger partial charge in [0.05, 0.1) is 11.6 Å². The summed E-state index contributed by atoms with van der Waals surface area (Å²) in [5, 5.41) is 9.22. The molecule has 72 valence electrons. The van der Waals surface area contributed by atoms with Crippen molar-refractivity contribution in [2.45, 2.75) is 6.43 Å². The zero-order valence-electron chi connectivity index (χ0n) is 6.59. The molecule has 1 aromatic heterocycles. The first-order valence-corrected chi connectivity index (χ1v) is 4.07. The van der Waals surface area contributed by atoms with E-state index in [4.69, 9.17) is 0 Å². The molecule has 0 aliphatic carbocycles. The van der Waals surface area contributed by atoms with Gasteiger partial charge in [-0.15, -0.1) is 0 Å². The Bertz CT molecular complexity index is 320. The van der Waals surface area contributed by atoms with Crippen molar-refractivity contribution >= 4 is 15.9 Å². The van der Waals surface area contributed by atoms with Crippen molar-refractivity contribution in [3.63, 3.8) is 0 Å². The van der Waals surface area contributed by atoms with Gasteiger partial charge < -0.3 is 9.84 Å². The van der Waals surface area contributed by atoms with Gasteiger partial charge in [-0.1, -0.05) is 0 Å². The Balaban J connectivity index is 3.22. The van der Waals surface area contributed by atoms with Gasteiger partial charge in [0.1, 0.15) is 5.69 Å². The van der Waals surface area contributed by atoms with Gasteiger partial charge >= 0.3 is 0 Å². The highest BCUT2D eigenvalue weighted by Gasteiger charge is 2.16. The number of pyridine rings is 1. The van der Waals surface area contributed by atoms with Crippen molar-refractivity contribution < 1.29 is 18.6 Å².